The molecule has 4 rings (SSSR count). The van der Waals surface area contributed by atoms with Gasteiger partial charge in [-0.05, 0) is 49.2 Å². The van der Waals surface area contributed by atoms with E-state index in [1.165, 1.54) is 10.4 Å². The molecule has 1 atom stereocenters. The molecule has 1 aromatic heterocycles. The van der Waals surface area contributed by atoms with Crippen LogP contribution in [0.1, 0.15) is 12.8 Å². The third-order valence-corrected chi connectivity index (χ3v) is 8.74. The molecule has 2 aliphatic heterocycles. The summed E-state index contributed by atoms with van der Waals surface area (Å²) in [5.41, 5.74) is 1.72. The fourth-order valence-electron chi connectivity index (χ4n) is 3.64. The van der Waals surface area contributed by atoms with E-state index in [0.29, 0.717) is 42.6 Å². The van der Waals surface area contributed by atoms with E-state index < -0.39 is 16.1 Å². The summed E-state index contributed by atoms with van der Waals surface area (Å²) in [6.07, 6.45) is 1.14. The molecular formula is C19H22ClN3O4S2. The molecule has 1 aromatic carbocycles. The normalized spacial score (nSPS) is 20.7. The first kappa shape index (κ1) is 20.6. The van der Waals surface area contributed by atoms with Gasteiger partial charge in [-0.1, -0.05) is 11.6 Å². The van der Waals surface area contributed by atoms with Crippen molar-refractivity contribution in [2.45, 2.75) is 23.1 Å². The Kier molecular flexibility index (Phi) is 6.12. The summed E-state index contributed by atoms with van der Waals surface area (Å²) in [4.78, 5) is 15.1. The summed E-state index contributed by atoms with van der Waals surface area (Å²) in [6, 6.07) is 9.92. The van der Waals surface area contributed by atoms with Crippen molar-refractivity contribution >= 4 is 50.2 Å². The predicted molar refractivity (Wildman–Crippen MR) is 114 cm³/mol. The summed E-state index contributed by atoms with van der Waals surface area (Å²) >= 11 is 6.90. The Labute approximate surface area is 179 Å². The van der Waals surface area contributed by atoms with Gasteiger partial charge in [0, 0.05) is 31.0 Å². The van der Waals surface area contributed by atoms with Crippen molar-refractivity contribution in [3.63, 3.8) is 0 Å². The first-order valence-electron chi connectivity index (χ1n) is 9.46. The Hall–Kier alpha value is -1.65. The maximum Gasteiger partial charge on any atom is 0.253 e. The maximum atomic E-state index is 12.9. The largest absolute Gasteiger partial charge is 0.378 e. The van der Waals surface area contributed by atoms with Gasteiger partial charge in [-0.3, -0.25) is 4.79 Å². The highest BCUT2D eigenvalue weighted by atomic mass is 35.5. The number of amides is 1. The first-order chi connectivity index (χ1) is 13.9. The second-order valence-electron chi connectivity index (χ2n) is 6.97. The van der Waals surface area contributed by atoms with Gasteiger partial charge < -0.3 is 15.0 Å². The second kappa shape index (κ2) is 8.61. The quantitative estimate of drug-likeness (QED) is 0.749. The molecule has 2 aromatic rings. The third kappa shape index (κ3) is 4.44. The van der Waals surface area contributed by atoms with Gasteiger partial charge >= 0.3 is 0 Å². The lowest BCUT2D eigenvalue weighted by molar-refractivity contribution is -0.119. The van der Waals surface area contributed by atoms with Crippen LogP contribution < -0.4 is 10.2 Å². The Bertz CT molecular complexity index is 972. The third-order valence-electron chi connectivity index (χ3n) is 5.13. The molecular weight excluding hydrogens is 434 g/mol. The average molecular weight is 456 g/mol. The number of carbonyl (C=O) groups is 1. The lowest BCUT2D eigenvalue weighted by Gasteiger charge is -2.29. The van der Waals surface area contributed by atoms with E-state index >= 15 is 0 Å². The fourth-order valence-corrected chi connectivity index (χ4v) is 6.91. The summed E-state index contributed by atoms with van der Waals surface area (Å²) in [5, 5.41) is 2.86. The van der Waals surface area contributed by atoms with Crippen molar-refractivity contribution in [2.24, 2.45) is 0 Å². The molecule has 0 bridgehead atoms. The fraction of sp³-hybridized carbons (Fsp3) is 0.421. The van der Waals surface area contributed by atoms with E-state index in [1.54, 1.807) is 6.07 Å². The minimum atomic E-state index is -3.74. The molecule has 2 saturated heterocycles. The van der Waals surface area contributed by atoms with Gasteiger partial charge in [0.1, 0.15) is 10.3 Å². The van der Waals surface area contributed by atoms with Crippen LogP contribution in [-0.4, -0.2) is 57.5 Å². The Balaban J connectivity index is 1.44. The van der Waals surface area contributed by atoms with E-state index in [1.807, 2.05) is 24.3 Å². The lowest BCUT2D eigenvalue weighted by atomic mass is 10.2. The molecule has 2 fully saturated rings. The standard InChI is InChI=1S/C19H22ClN3O4S2/c20-17-7-8-18(28-17)29(25,26)23-9-1-2-16(23)19(24)21-14-3-5-15(6-4-14)22-10-12-27-13-11-22/h3-8,16H,1-2,9-13H2,(H,21,24)/t16-/m1/s1. The number of ether oxygens (including phenoxy) is 1. The molecule has 3 heterocycles. The van der Waals surface area contributed by atoms with Crippen molar-refractivity contribution < 1.29 is 17.9 Å². The highest BCUT2D eigenvalue weighted by molar-refractivity contribution is 7.91. The molecule has 1 N–H and O–H groups in total. The van der Waals surface area contributed by atoms with Crippen LogP contribution in [0.3, 0.4) is 0 Å². The van der Waals surface area contributed by atoms with Crippen LogP contribution in [0, 0.1) is 0 Å². The van der Waals surface area contributed by atoms with E-state index in [9.17, 15) is 13.2 Å². The smallest absolute Gasteiger partial charge is 0.253 e. The predicted octanol–water partition coefficient (Wildman–Crippen LogP) is 3.03. The van der Waals surface area contributed by atoms with E-state index in [-0.39, 0.29) is 10.1 Å². The zero-order chi connectivity index (χ0) is 20.4. The van der Waals surface area contributed by atoms with Crippen LogP contribution >= 0.6 is 22.9 Å². The highest BCUT2D eigenvalue weighted by Gasteiger charge is 2.40. The van der Waals surface area contributed by atoms with Crippen molar-refractivity contribution in [3.8, 4) is 0 Å². The number of hydrogen-bond acceptors (Lipinski definition) is 6. The van der Waals surface area contributed by atoms with Crippen LogP contribution in [0.5, 0.6) is 0 Å². The molecule has 29 heavy (non-hydrogen) atoms. The number of nitrogens with zero attached hydrogens (tertiary/aromatic N) is 2. The maximum absolute atomic E-state index is 12.9. The number of halogens is 1. The van der Waals surface area contributed by atoms with Gasteiger partial charge in [0.25, 0.3) is 10.0 Å². The zero-order valence-electron chi connectivity index (χ0n) is 15.7. The number of sulfonamides is 1. The second-order valence-corrected chi connectivity index (χ2v) is 10.8. The molecule has 2 aliphatic rings. The van der Waals surface area contributed by atoms with Crippen LogP contribution in [-0.2, 0) is 19.6 Å². The number of hydrogen-bond donors (Lipinski definition) is 1. The highest BCUT2D eigenvalue weighted by Crippen LogP contribution is 2.32. The number of morpholine rings is 1. The van der Waals surface area contributed by atoms with E-state index in [0.717, 1.165) is 30.1 Å². The SMILES string of the molecule is O=C(Nc1ccc(N2CCOCC2)cc1)[C@H]1CCCN1S(=O)(=O)c1ccc(Cl)s1. The molecule has 156 valence electrons. The number of thiophene rings is 1. The van der Waals surface area contributed by atoms with Crippen LogP contribution in [0.15, 0.2) is 40.6 Å². The summed E-state index contributed by atoms with van der Waals surface area (Å²) in [6.45, 7) is 3.42. The van der Waals surface area contributed by atoms with Gasteiger partial charge in [0.15, 0.2) is 0 Å². The van der Waals surface area contributed by atoms with Gasteiger partial charge in [0.05, 0.1) is 17.6 Å². The Morgan fingerprint density at radius 2 is 1.83 bits per heavy atom. The topological polar surface area (TPSA) is 79.0 Å². The number of benzene rings is 1. The van der Waals surface area contributed by atoms with Gasteiger partial charge in [-0.2, -0.15) is 4.31 Å². The van der Waals surface area contributed by atoms with Crippen molar-refractivity contribution in [3.05, 3.63) is 40.7 Å². The summed E-state index contributed by atoms with van der Waals surface area (Å²) in [5.74, 6) is -0.312. The molecule has 7 nitrogen and oxygen atoms in total. The molecule has 0 spiro atoms. The van der Waals surface area contributed by atoms with Gasteiger partial charge in [0.2, 0.25) is 5.91 Å². The minimum absolute atomic E-state index is 0.164. The van der Waals surface area contributed by atoms with Crippen molar-refractivity contribution in [2.75, 3.05) is 43.1 Å². The Morgan fingerprint density at radius 1 is 1.10 bits per heavy atom. The minimum Gasteiger partial charge on any atom is -0.378 e. The van der Waals surface area contributed by atoms with Crippen molar-refractivity contribution in [1.82, 2.24) is 4.31 Å². The van der Waals surface area contributed by atoms with Crippen LogP contribution in [0.4, 0.5) is 11.4 Å². The van der Waals surface area contributed by atoms with Gasteiger partial charge in [-0.15, -0.1) is 11.3 Å². The average Bonchev–Trinajstić information content (AvgIpc) is 3.39. The number of carbonyl (C=O) groups excluding carboxylic acids is 1. The van der Waals surface area contributed by atoms with Crippen LogP contribution in [0.2, 0.25) is 4.34 Å². The van der Waals surface area contributed by atoms with E-state index in [4.69, 9.17) is 16.3 Å². The van der Waals surface area contributed by atoms with E-state index in [2.05, 4.69) is 10.2 Å². The van der Waals surface area contributed by atoms with Gasteiger partial charge in [-0.25, -0.2) is 8.42 Å². The molecule has 0 aliphatic carbocycles. The molecule has 0 unspecified atom stereocenters. The molecule has 0 radical (unpaired) electrons. The van der Waals surface area contributed by atoms with Crippen molar-refractivity contribution in [1.29, 1.82) is 0 Å². The number of rotatable bonds is 5. The zero-order valence-corrected chi connectivity index (χ0v) is 18.1. The first-order valence-corrected chi connectivity index (χ1v) is 12.1. The Morgan fingerprint density at radius 3 is 2.48 bits per heavy atom. The number of anilines is 2. The lowest BCUT2D eigenvalue weighted by Crippen LogP contribution is -2.42. The molecule has 10 heteroatoms. The molecule has 0 saturated carbocycles. The summed E-state index contributed by atoms with van der Waals surface area (Å²) < 4.78 is 33.1. The monoisotopic (exact) mass is 455 g/mol. The summed E-state index contributed by atoms with van der Waals surface area (Å²) in [7, 11) is -3.74. The number of nitrogens with one attached hydrogen (secondary N) is 1. The van der Waals surface area contributed by atoms with Crippen LogP contribution in [0.25, 0.3) is 0 Å². The molecule has 1 amide bonds.